The lowest BCUT2D eigenvalue weighted by Gasteiger charge is -2.30. The first-order valence-electron chi connectivity index (χ1n) is 14.3. The second kappa shape index (κ2) is 12.3. The number of carboxylic acids is 1. The Labute approximate surface area is 240 Å². The molecule has 1 saturated carbocycles. The van der Waals surface area contributed by atoms with Crippen LogP contribution in [0, 0.1) is 5.92 Å². The molecule has 1 aromatic rings. The van der Waals surface area contributed by atoms with Gasteiger partial charge in [-0.3, -0.25) is 14.4 Å². The Balaban J connectivity index is 1.60. The average Bonchev–Trinajstić information content (AvgIpc) is 3.44. The van der Waals surface area contributed by atoms with Gasteiger partial charge < -0.3 is 30.7 Å². The van der Waals surface area contributed by atoms with Gasteiger partial charge in [0.15, 0.2) is 0 Å². The summed E-state index contributed by atoms with van der Waals surface area (Å²) in [5, 5.41) is 18.3. The first-order valence-corrected chi connectivity index (χ1v) is 14.3. The largest absolute Gasteiger partial charge is 0.479 e. The lowest BCUT2D eigenvalue weighted by Crippen LogP contribution is -2.56. The van der Waals surface area contributed by atoms with Gasteiger partial charge in [0.2, 0.25) is 11.8 Å². The van der Waals surface area contributed by atoms with Crippen molar-refractivity contribution in [3.63, 3.8) is 0 Å². The van der Waals surface area contributed by atoms with E-state index in [-0.39, 0.29) is 31.2 Å². The Morgan fingerprint density at radius 2 is 1.80 bits per heavy atom. The van der Waals surface area contributed by atoms with E-state index in [0.29, 0.717) is 18.4 Å². The molecule has 11 heteroatoms. The molecule has 222 valence electrons. The van der Waals surface area contributed by atoms with Crippen molar-refractivity contribution >= 4 is 29.8 Å². The summed E-state index contributed by atoms with van der Waals surface area (Å²) in [5.74, 6) is -2.88. The van der Waals surface area contributed by atoms with Gasteiger partial charge in [0.05, 0.1) is 0 Å². The molecule has 41 heavy (non-hydrogen) atoms. The van der Waals surface area contributed by atoms with Gasteiger partial charge in [-0.1, -0.05) is 43.2 Å². The van der Waals surface area contributed by atoms with Crippen molar-refractivity contribution < 1.29 is 33.8 Å². The van der Waals surface area contributed by atoms with Crippen LogP contribution in [-0.2, 0) is 19.1 Å². The van der Waals surface area contributed by atoms with Crippen LogP contribution in [-0.4, -0.2) is 75.6 Å². The molecule has 1 saturated heterocycles. The summed E-state index contributed by atoms with van der Waals surface area (Å²) in [5.41, 5.74) is -1.76. The van der Waals surface area contributed by atoms with Crippen molar-refractivity contribution in [1.82, 2.24) is 20.9 Å². The number of carbonyl (C=O) groups is 5. The topological polar surface area (TPSA) is 154 Å². The summed E-state index contributed by atoms with van der Waals surface area (Å²) in [6, 6.07) is 6.07. The molecule has 4 rings (SSSR count). The van der Waals surface area contributed by atoms with Crippen molar-refractivity contribution in [2.24, 2.45) is 5.92 Å². The zero-order chi connectivity index (χ0) is 29.8. The van der Waals surface area contributed by atoms with Crippen LogP contribution < -0.4 is 16.0 Å². The normalized spacial score (nSPS) is 28.7. The number of allylic oxidation sites excluding steroid dienone is 1. The maximum atomic E-state index is 14.0. The van der Waals surface area contributed by atoms with E-state index in [9.17, 15) is 29.1 Å². The minimum atomic E-state index is -1.43. The predicted octanol–water partition coefficient (Wildman–Crippen LogP) is 2.76. The fourth-order valence-corrected chi connectivity index (χ4v) is 5.51. The van der Waals surface area contributed by atoms with Crippen molar-refractivity contribution in [3.8, 4) is 0 Å². The lowest BCUT2D eigenvalue weighted by molar-refractivity contribution is -0.145. The van der Waals surface area contributed by atoms with E-state index >= 15 is 0 Å². The van der Waals surface area contributed by atoms with Crippen LogP contribution in [0.5, 0.6) is 0 Å². The van der Waals surface area contributed by atoms with Crippen LogP contribution in [0.15, 0.2) is 42.5 Å². The molecule has 2 fully saturated rings. The Morgan fingerprint density at radius 1 is 1.07 bits per heavy atom. The maximum absolute atomic E-state index is 14.0. The molecule has 0 bridgehead atoms. The van der Waals surface area contributed by atoms with Gasteiger partial charge in [-0.05, 0) is 65.0 Å². The molecular formula is C30H40N4O7. The Kier molecular flexibility index (Phi) is 9.04. The van der Waals surface area contributed by atoms with Gasteiger partial charge in [-0.2, -0.15) is 0 Å². The van der Waals surface area contributed by atoms with E-state index in [0.717, 1.165) is 19.3 Å². The number of carboxylic acid groups (broad SMARTS) is 1. The zero-order valence-electron chi connectivity index (χ0n) is 23.9. The molecule has 11 nitrogen and oxygen atoms in total. The Bertz CT molecular complexity index is 1190. The van der Waals surface area contributed by atoms with E-state index in [4.69, 9.17) is 4.74 Å². The molecule has 0 spiro atoms. The third-order valence-electron chi connectivity index (χ3n) is 7.72. The highest BCUT2D eigenvalue weighted by atomic mass is 16.6. The summed E-state index contributed by atoms with van der Waals surface area (Å²) < 4.78 is 5.40. The van der Waals surface area contributed by atoms with Gasteiger partial charge in [-0.15, -0.1) is 0 Å². The number of fused-ring (bicyclic) bond motifs is 2. The molecule has 2 aliphatic heterocycles. The van der Waals surface area contributed by atoms with E-state index < -0.39 is 53.1 Å². The second-order valence-electron chi connectivity index (χ2n) is 12.1. The van der Waals surface area contributed by atoms with E-state index in [1.807, 2.05) is 12.2 Å². The number of nitrogens with zero attached hydrogens (tertiary/aromatic N) is 1. The van der Waals surface area contributed by atoms with Gasteiger partial charge in [0, 0.05) is 24.1 Å². The molecule has 5 atom stereocenters. The molecule has 0 aromatic heterocycles. The molecule has 1 aromatic carbocycles. The summed E-state index contributed by atoms with van der Waals surface area (Å²) in [6.45, 7) is 5.21. The minimum Gasteiger partial charge on any atom is -0.479 e. The number of rotatable bonds is 4. The molecular weight excluding hydrogens is 528 g/mol. The summed E-state index contributed by atoms with van der Waals surface area (Å²) in [6.07, 6.45) is 6.80. The van der Waals surface area contributed by atoms with Crippen LogP contribution in [0.25, 0.3) is 0 Å². The number of benzene rings is 1. The van der Waals surface area contributed by atoms with Gasteiger partial charge in [-0.25, -0.2) is 9.59 Å². The van der Waals surface area contributed by atoms with Crippen LogP contribution >= 0.6 is 0 Å². The summed E-state index contributed by atoms with van der Waals surface area (Å²) in [4.78, 5) is 66.7. The number of aliphatic carboxylic acids is 1. The minimum absolute atomic E-state index is 0.0331. The number of carbonyl (C=O) groups excluding carboxylic acids is 4. The zero-order valence-corrected chi connectivity index (χ0v) is 23.9. The summed E-state index contributed by atoms with van der Waals surface area (Å²) in [7, 11) is 0. The van der Waals surface area contributed by atoms with Crippen LogP contribution in [0.1, 0.15) is 76.1 Å². The SMILES string of the molecule is CC(C)(C)OC(=O)N[C@H]1CCCCCC=C[C@@H]2C[C@@]2(C(=O)O)NC(=O)[C@@H]2C[C@@H](NC(=O)c3ccccc3)CN2C1=O. The van der Waals surface area contributed by atoms with Gasteiger partial charge >= 0.3 is 12.1 Å². The summed E-state index contributed by atoms with van der Waals surface area (Å²) >= 11 is 0. The Morgan fingerprint density at radius 3 is 2.49 bits per heavy atom. The average molecular weight is 569 g/mol. The fraction of sp³-hybridized carbons (Fsp3) is 0.567. The smallest absolute Gasteiger partial charge is 0.408 e. The third-order valence-corrected chi connectivity index (χ3v) is 7.72. The van der Waals surface area contributed by atoms with E-state index in [2.05, 4.69) is 16.0 Å². The quantitative estimate of drug-likeness (QED) is 0.407. The van der Waals surface area contributed by atoms with E-state index in [1.54, 1.807) is 51.1 Å². The van der Waals surface area contributed by atoms with Crippen LogP contribution in [0.2, 0.25) is 0 Å². The van der Waals surface area contributed by atoms with Gasteiger partial charge in [0.1, 0.15) is 23.2 Å². The first-order chi connectivity index (χ1) is 19.4. The lowest BCUT2D eigenvalue weighted by atomic mass is 10.0. The Hall–Kier alpha value is -3.89. The molecule has 4 amide bonds. The molecule has 4 N–H and O–H groups in total. The molecule has 0 radical (unpaired) electrons. The van der Waals surface area contributed by atoms with Crippen LogP contribution in [0.4, 0.5) is 4.79 Å². The predicted molar refractivity (Wildman–Crippen MR) is 150 cm³/mol. The first kappa shape index (κ1) is 30.1. The van der Waals surface area contributed by atoms with Crippen LogP contribution in [0.3, 0.4) is 0 Å². The number of ether oxygens (including phenoxy) is 1. The number of alkyl carbamates (subject to hydrolysis) is 1. The molecule has 1 aliphatic carbocycles. The highest BCUT2D eigenvalue weighted by Crippen LogP contribution is 2.45. The molecule has 0 unspecified atom stereocenters. The van der Waals surface area contributed by atoms with Crippen molar-refractivity contribution in [3.05, 3.63) is 48.0 Å². The van der Waals surface area contributed by atoms with Crippen molar-refractivity contribution in [2.75, 3.05) is 6.54 Å². The number of amides is 4. The highest BCUT2D eigenvalue weighted by molar-refractivity contribution is 5.97. The number of hydrogen-bond acceptors (Lipinski definition) is 6. The molecule has 3 aliphatic rings. The highest BCUT2D eigenvalue weighted by Gasteiger charge is 2.61. The standard InChI is InChI=1S/C30H40N4O7/c1-29(2,3)41-28(40)32-22-15-11-6-4-5-10-14-20-17-30(20,27(38)39)33-25(36)23-16-21(18-34(23)26(22)37)31-24(35)19-12-8-7-9-13-19/h7-10,12-14,20-23H,4-6,11,15-18H2,1-3H3,(H,31,35)(H,32,40)(H,33,36)(H,38,39)/t20-,21-,22+,23+,30-/m1/s1. The number of hydrogen-bond donors (Lipinski definition) is 4. The van der Waals surface area contributed by atoms with Crippen molar-refractivity contribution in [1.29, 1.82) is 0 Å². The monoisotopic (exact) mass is 568 g/mol. The van der Waals surface area contributed by atoms with Crippen molar-refractivity contribution in [2.45, 2.75) is 95.0 Å². The van der Waals surface area contributed by atoms with E-state index in [1.165, 1.54) is 4.90 Å². The fourth-order valence-electron chi connectivity index (χ4n) is 5.51. The number of nitrogens with one attached hydrogen (secondary N) is 3. The molecule has 2 heterocycles. The second-order valence-corrected chi connectivity index (χ2v) is 12.1. The maximum Gasteiger partial charge on any atom is 0.408 e. The third kappa shape index (κ3) is 7.45. The van der Waals surface area contributed by atoms with Gasteiger partial charge in [0.25, 0.3) is 5.91 Å².